The van der Waals surface area contributed by atoms with Gasteiger partial charge in [-0.05, 0) is 52.2 Å². The Morgan fingerprint density at radius 3 is 1.79 bits per heavy atom. The fourth-order valence-corrected chi connectivity index (χ4v) is 10.6. The second-order valence-corrected chi connectivity index (χ2v) is 15.1. The summed E-state index contributed by atoms with van der Waals surface area (Å²) in [6.07, 6.45) is 0.555. The fraction of sp³-hybridized carbons (Fsp3) is 0.355. The van der Waals surface area contributed by atoms with Crippen LogP contribution in [0, 0.1) is 11.8 Å². The van der Waals surface area contributed by atoms with Crippen LogP contribution in [-0.4, -0.2) is 60.8 Å². The van der Waals surface area contributed by atoms with Gasteiger partial charge in [-0.25, -0.2) is 0 Å². The van der Waals surface area contributed by atoms with Crippen molar-refractivity contribution in [2.24, 2.45) is 11.8 Å². The molecule has 0 radical (unpaired) electrons. The maximum atomic E-state index is 13.3. The fourth-order valence-electron chi connectivity index (χ4n) is 6.80. The number of rotatable bonds is 8. The number of nitrogens with zero attached hydrogens (tertiary/aromatic N) is 1. The summed E-state index contributed by atoms with van der Waals surface area (Å²) in [5, 5.41) is 11.7. The van der Waals surface area contributed by atoms with E-state index in [4.69, 9.17) is 4.74 Å². The first-order chi connectivity index (χ1) is 18.2. The van der Waals surface area contributed by atoms with Crippen molar-refractivity contribution in [2.75, 3.05) is 13.7 Å². The third kappa shape index (κ3) is 4.14. The molecule has 0 saturated heterocycles. The number of hydrogen-bond acceptors (Lipinski definition) is 5. The standard InChI is InChI=1S/C31H35NO5Si/c1-31(2,38(36,22-12-6-4-7-13-22)23-14-8-5-9-15-23)19-26-21(20-33)18-27(28(26)37-3)32-29(34)24-16-10-11-17-25(24)30(32)35/h4-17,21,26-28,33,36H,18-20H2,1-3H3/t21-,26-,27-,28-/m1/s1. The molecule has 0 aromatic heterocycles. The second-order valence-electron chi connectivity index (χ2n) is 11.2. The van der Waals surface area contributed by atoms with E-state index in [1.807, 2.05) is 60.7 Å². The molecule has 38 heavy (non-hydrogen) atoms. The zero-order valence-electron chi connectivity index (χ0n) is 22.1. The number of fused-ring (bicyclic) bond motifs is 1. The van der Waals surface area contributed by atoms with Gasteiger partial charge in [0, 0.05) is 13.7 Å². The summed E-state index contributed by atoms with van der Waals surface area (Å²) >= 11 is 0. The Hall–Kier alpha value is -3.10. The molecule has 5 rings (SSSR count). The van der Waals surface area contributed by atoms with Crippen LogP contribution >= 0.6 is 0 Å². The molecule has 2 aliphatic rings. The Morgan fingerprint density at radius 1 is 0.868 bits per heavy atom. The molecule has 7 heteroatoms. The number of ether oxygens (including phenoxy) is 1. The van der Waals surface area contributed by atoms with Crippen LogP contribution in [0.3, 0.4) is 0 Å². The number of amides is 2. The summed E-state index contributed by atoms with van der Waals surface area (Å²) in [5.41, 5.74) is 0.818. The molecule has 1 fully saturated rings. The molecule has 6 nitrogen and oxygen atoms in total. The van der Waals surface area contributed by atoms with Gasteiger partial charge in [-0.3, -0.25) is 14.5 Å². The zero-order chi connectivity index (χ0) is 27.1. The van der Waals surface area contributed by atoms with Crippen molar-refractivity contribution in [3.05, 3.63) is 96.1 Å². The Balaban J connectivity index is 1.51. The van der Waals surface area contributed by atoms with Crippen LogP contribution in [0.1, 0.15) is 47.4 Å². The van der Waals surface area contributed by atoms with E-state index in [2.05, 4.69) is 13.8 Å². The lowest BCUT2D eigenvalue weighted by Crippen LogP contribution is -2.66. The number of benzene rings is 3. The summed E-state index contributed by atoms with van der Waals surface area (Å²) in [5.74, 6) is -0.971. The Morgan fingerprint density at radius 2 is 1.34 bits per heavy atom. The molecule has 1 heterocycles. The third-order valence-corrected chi connectivity index (χ3v) is 13.2. The van der Waals surface area contributed by atoms with Crippen LogP contribution < -0.4 is 10.4 Å². The molecule has 0 unspecified atom stereocenters. The van der Waals surface area contributed by atoms with Crippen molar-refractivity contribution in [3.8, 4) is 0 Å². The summed E-state index contributed by atoms with van der Waals surface area (Å²) in [6.45, 7) is 4.10. The molecule has 1 aliphatic carbocycles. The van der Waals surface area contributed by atoms with E-state index in [1.54, 1.807) is 31.4 Å². The third-order valence-electron chi connectivity index (χ3n) is 8.72. The van der Waals surface area contributed by atoms with Crippen LogP contribution in [0.2, 0.25) is 5.04 Å². The van der Waals surface area contributed by atoms with Crippen molar-refractivity contribution in [1.29, 1.82) is 0 Å². The number of aliphatic hydroxyl groups is 1. The molecule has 1 saturated carbocycles. The highest BCUT2D eigenvalue weighted by atomic mass is 28.4. The quantitative estimate of drug-likeness (QED) is 0.346. The Kier molecular flexibility index (Phi) is 7.13. The van der Waals surface area contributed by atoms with E-state index < -0.39 is 25.5 Å². The van der Waals surface area contributed by atoms with Crippen molar-refractivity contribution >= 4 is 30.5 Å². The maximum absolute atomic E-state index is 13.3. The number of aliphatic hydroxyl groups excluding tert-OH is 1. The summed E-state index contributed by atoms with van der Waals surface area (Å²) in [7, 11) is -1.69. The lowest BCUT2D eigenvalue weighted by Gasteiger charge is -2.44. The highest BCUT2D eigenvalue weighted by Crippen LogP contribution is 2.49. The molecule has 3 aromatic carbocycles. The topological polar surface area (TPSA) is 87.1 Å². The van der Waals surface area contributed by atoms with Crippen LogP contribution in [0.4, 0.5) is 0 Å². The largest absolute Gasteiger partial charge is 0.424 e. The Labute approximate surface area is 225 Å². The summed E-state index contributed by atoms with van der Waals surface area (Å²) in [4.78, 5) is 40.6. The van der Waals surface area contributed by atoms with E-state index in [-0.39, 0.29) is 30.3 Å². The number of imide groups is 1. The smallest absolute Gasteiger partial charge is 0.261 e. The first-order valence-corrected chi connectivity index (χ1v) is 15.1. The molecular formula is C31H35NO5Si. The van der Waals surface area contributed by atoms with Gasteiger partial charge in [0.2, 0.25) is 0 Å². The normalized spacial score (nSPS) is 23.7. The minimum Gasteiger partial charge on any atom is -0.424 e. The van der Waals surface area contributed by atoms with E-state index >= 15 is 0 Å². The van der Waals surface area contributed by atoms with E-state index in [9.17, 15) is 19.5 Å². The minimum absolute atomic E-state index is 0.0864. The maximum Gasteiger partial charge on any atom is 0.261 e. The summed E-state index contributed by atoms with van der Waals surface area (Å²) < 4.78 is 6.02. The van der Waals surface area contributed by atoms with Gasteiger partial charge in [-0.2, -0.15) is 0 Å². The minimum atomic E-state index is -3.30. The van der Waals surface area contributed by atoms with E-state index in [1.165, 1.54) is 4.90 Å². The average molecular weight is 530 g/mol. The predicted octanol–water partition coefficient (Wildman–Crippen LogP) is 3.22. The number of methoxy groups -OCH3 is 1. The van der Waals surface area contributed by atoms with E-state index in [0.29, 0.717) is 24.0 Å². The monoisotopic (exact) mass is 529 g/mol. The van der Waals surface area contributed by atoms with Gasteiger partial charge in [0.1, 0.15) is 0 Å². The van der Waals surface area contributed by atoms with Crippen molar-refractivity contribution in [1.82, 2.24) is 4.90 Å². The molecule has 4 atom stereocenters. The molecule has 3 aromatic rings. The van der Waals surface area contributed by atoms with Crippen LogP contribution in [0.15, 0.2) is 84.9 Å². The average Bonchev–Trinajstić information content (AvgIpc) is 3.41. The second kappa shape index (κ2) is 10.2. The van der Waals surface area contributed by atoms with Gasteiger partial charge in [0.05, 0.1) is 23.3 Å². The van der Waals surface area contributed by atoms with Crippen LogP contribution in [0.5, 0.6) is 0 Å². The first-order valence-electron chi connectivity index (χ1n) is 13.2. The number of carbonyl (C=O) groups is 2. The van der Waals surface area contributed by atoms with Crippen molar-refractivity contribution in [2.45, 2.75) is 43.9 Å². The Bertz CT molecular complexity index is 1240. The molecule has 1 aliphatic heterocycles. The van der Waals surface area contributed by atoms with Crippen LogP contribution in [-0.2, 0) is 4.74 Å². The first kappa shape index (κ1) is 26.5. The van der Waals surface area contributed by atoms with Gasteiger partial charge in [0.25, 0.3) is 20.1 Å². The molecule has 198 valence electrons. The van der Waals surface area contributed by atoms with Gasteiger partial charge in [-0.15, -0.1) is 0 Å². The highest BCUT2D eigenvalue weighted by Gasteiger charge is 2.56. The molecule has 2 N–H and O–H groups in total. The van der Waals surface area contributed by atoms with Crippen LogP contribution in [0.25, 0.3) is 0 Å². The van der Waals surface area contributed by atoms with Gasteiger partial charge in [-0.1, -0.05) is 86.6 Å². The van der Waals surface area contributed by atoms with Gasteiger partial charge in [0.15, 0.2) is 0 Å². The van der Waals surface area contributed by atoms with Gasteiger partial charge < -0.3 is 14.6 Å². The van der Waals surface area contributed by atoms with Crippen molar-refractivity contribution in [3.63, 3.8) is 0 Å². The number of hydrogen-bond donors (Lipinski definition) is 2. The van der Waals surface area contributed by atoms with Gasteiger partial charge >= 0.3 is 0 Å². The summed E-state index contributed by atoms with van der Waals surface area (Å²) in [6, 6.07) is 26.1. The lowest BCUT2D eigenvalue weighted by molar-refractivity contribution is 0.00382. The van der Waals surface area contributed by atoms with Crippen molar-refractivity contribution < 1.29 is 24.2 Å². The zero-order valence-corrected chi connectivity index (χ0v) is 23.1. The molecule has 2 amide bonds. The molecular weight excluding hydrogens is 494 g/mol. The lowest BCUT2D eigenvalue weighted by atomic mass is 9.86. The number of carbonyl (C=O) groups excluding carboxylic acids is 2. The highest BCUT2D eigenvalue weighted by molar-refractivity contribution is 6.98. The molecule has 0 bridgehead atoms. The predicted molar refractivity (Wildman–Crippen MR) is 149 cm³/mol. The SMILES string of the molecule is CO[C@@H]1[C@H](CC(C)(C)[Si](O)(c2ccccc2)c2ccccc2)[C@@H](CO)C[C@H]1N1C(=O)c2ccccc2C1=O. The molecule has 0 spiro atoms. The van der Waals surface area contributed by atoms with E-state index in [0.717, 1.165) is 10.4 Å².